The standard InChI is InChI=1S/C21H25NO4/c1-22-8-7-20-16-12-3-4-14(24)17(16)26-18(20)21(25-2)6-5-19(20,15(22)9-12)10-13(21)11-23/h3-6,13,15,18,23-24H,7-11H2,1-2H3/t13?,15-,18-,19-,20+,21-/m1/s1. The second kappa shape index (κ2) is 4.46. The molecule has 0 aromatic heterocycles. The van der Waals surface area contributed by atoms with Gasteiger partial charge in [0, 0.05) is 36.7 Å². The number of piperidine rings is 1. The predicted molar refractivity (Wildman–Crippen MR) is 95.4 cm³/mol. The van der Waals surface area contributed by atoms with Crippen LogP contribution < -0.4 is 4.74 Å². The van der Waals surface area contributed by atoms with Crippen molar-refractivity contribution < 1.29 is 19.7 Å². The van der Waals surface area contributed by atoms with E-state index >= 15 is 0 Å². The molecule has 4 aliphatic carbocycles. The molecule has 0 radical (unpaired) electrons. The van der Waals surface area contributed by atoms with E-state index in [0.29, 0.717) is 11.8 Å². The molecule has 5 heteroatoms. The van der Waals surface area contributed by atoms with Crippen LogP contribution in [-0.2, 0) is 16.6 Å². The number of methoxy groups -OCH3 is 1. The van der Waals surface area contributed by atoms with E-state index in [1.165, 1.54) is 11.1 Å². The highest BCUT2D eigenvalue weighted by Crippen LogP contribution is 2.74. The number of fused-ring (bicyclic) bond motifs is 1. The summed E-state index contributed by atoms with van der Waals surface area (Å²) in [6, 6.07) is 4.23. The maximum absolute atomic E-state index is 10.6. The van der Waals surface area contributed by atoms with Crippen molar-refractivity contribution in [1.82, 2.24) is 4.90 Å². The summed E-state index contributed by atoms with van der Waals surface area (Å²) in [6.07, 6.45) is 7.19. The molecule has 26 heavy (non-hydrogen) atoms. The van der Waals surface area contributed by atoms with Gasteiger partial charge in [-0.1, -0.05) is 18.2 Å². The van der Waals surface area contributed by atoms with E-state index < -0.39 is 5.60 Å². The summed E-state index contributed by atoms with van der Waals surface area (Å²) in [5, 5.41) is 20.8. The molecule has 1 unspecified atom stereocenters. The van der Waals surface area contributed by atoms with Crippen LogP contribution in [-0.4, -0.2) is 60.2 Å². The van der Waals surface area contributed by atoms with Gasteiger partial charge in [0.2, 0.25) is 0 Å². The van der Waals surface area contributed by atoms with Crippen LogP contribution in [0, 0.1) is 11.3 Å². The molecule has 138 valence electrons. The van der Waals surface area contributed by atoms with E-state index in [1.54, 1.807) is 13.2 Å². The predicted octanol–water partition coefficient (Wildman–Crippen LogP) is 1.60. The zero-order chi connectivity index (χ0) is 17.9. The number of aromatic hydroxyl groups is 1. The van der Waals surface area contributed by atoms with Crippen LogP contribution in [0.3, 0.4) is 0 Å². The zero-order valence-electron chi connectivity index (χ0n) is 15.2. The molecular formula is C21H25NO4. The molecule has 2 spiro atoms. The number of ether oxygens (including phenoxy) is 2. The number of nitrogens with zero attached hydrogens (tertiary/aromatic N) is 1. The molecular weight excluding hydrogens is 330 g/mol. The first kappa shape index (κ1) is 15.5. The van der Waals surface area contributed by atoms with Gasteiger partial charge in [-0.25, -0.2) is 0 Å². The fourth-order valence-corrected chi connectivity index (χ4v) is 7.41. The number of likely N-dealkylation sites (tertiary alicyclic amines) is 1. The number of aliphatic hydroxyl groups excluding tert-OH is 1. The van der Waals surface area contributed by atoms with E-state index in [-0.39, 0.29) is 35.2 Å². The van der Waals surface area contributed by atoms with Crippen LogP contribution in [0.4, 0.5) is 0 Å². The van der Waals surface area contributed by atoms with Crippen LogP contribution >= 0.6 is 0 Å². The van der Waals surface area contributed by atoms with E-state index in [2.05, 4.69) is 30.2 Å². The molecule has 2 heterocycles. The van der Waals surface area contributed by atoms with Gasteiger partial charge in [0.25, 0.3) is 0 Å². The minimum Gasteiger partial charge on any atom is -0.504 e. The minimum atomic E-state index is -0.642. The lowest BCUT2D eigenvalue weighted by Gasteiger charge is -2.71. The van der Waals surface area contributed by atoms with Gasteiger partial charge in [0.1, 0.15) is 11.7 Å². The Balaban J connectivity index is 1.73. The molecule has 4 bridgehead atoms. The van der Waals surface area contributed by atoms with Crippen molar-refractivity contribution in [3.8, 4) is 11.5 Å². The second-order valence-corrected chi connectivity index (χ2v) is 8.88. The van der Waals surface area contributed by atoms with Crippen molar-refractivity contribution in [2.45, 2.75) is 42.4 Å². The van der Waals surface area contributed by atoms with Crippen molar-refractivity contribution >= 4 is 0 Å². The molecule has 1 saturated heterocycles. The molecule has 0 amide bonds. The number of hydrogen-bond donors (Lipinski definition) is 2. The van der Waals surface area contributed by atoms with Crippen molar-refractivity contribution in [2.75, 3.05) is 27.3 Å². The Hall–Kier alpha value is -1.56. The third-order valence-electron chi connectivity index (χ3n) is 8.43. The fourth-order valence-electron chi connectivity index (χ4n) is 7.41. The number of phenolic OH excluding ortho intramolecular Hbond substituents is 1. The Bertz CT molecular complexity index is 853. The molecule has 6 aliphatic rings. The van der Waals surface area contributed by atoms with Gasteiger partial charge in [-0.3, -0.25) is 0 Å². The largest absolute Gasteiger partial charge is 0.504 e. The summed E-state index contributed by atoms with van der Waals surface area (Å²) in [5.41, 5.74) is 1.62. The number of benzene rings is 1. The van der Waals surface area contributed by atoms with E-state index in [1.807, 2.05) is 0 Å². The van der Waals surface area contributed by atoms with Crippen LogP contribution in [0.1, 0.15) is 24.0 Å². The number of hydrogen-bond acceptors (Lipinski definition) is 5. The maximum Gasteiger partial charge on any atom is 0.165 e. The number of phenols is 1. The molecule has 7 rings (SSSR count). The van der Waals surface area contributed by atoms with Crippen molar-refractivity contribution in [2.24, 2.45) is 11.3 Å². The zero-order valence-corrected chi connectivity index (χ0v) is 15.2. The van der Waals surface area contributed by atoms with E-state index in [0.717, 1.165) is 25.8 Å². The molecule has 1 aromatic rings. The Morgan fingerprint density at radius 1 is 1.35 bits per heavy atom. The fraction of sp³-hybridized carbons (Fsp3) is 0.619. The molecule has 5 nitrogen and oxygen atoms in total. The van der Waals surface area contributed by atoms with Gasteiger partial charge in [0.05, 0.1) is 5.41 Å². The first-order valence-electron chi connectivity index (χ1n) is 9.63. The summed E-state index contributed by atoms with van der Waals surface area (Å²) in [4.78, 5) is 2.49. The molecule has 2 fully saturated rings. The monoisotopic (exact) mass is 355 g/mol. The first-order chi connectivity index (χ1) is 12.5. The van der Waals surface area contributed by atoms with Gasteiger partial charge in [0.15, 0.2) is 11.5 Å². The third kappa shape index (κ3) is 1.29. The Kier molecular flexibility index (Phi) is 2.66. The summed E-state index contributed by atoms with van der Waals surface area (Å²) in [5.74, 6) is 0.887. The Morgan fingerprint density at radius 2 is 2.19 bits per heavy atom. The van der Waals surface area contributed by atoms with Crippen LogP contribution in [0.5, 0.6) is 11.5 Å². The van der Waals surface area contributed by atoms with Gasteiger partial charge < -0.3 is 24.6 Å². The average molecular weight is 355 g/mol. The maximum atomic E-state index is 10.6. The van der Waals surface area contributed by atoms with Gasteiger partial charge in [-0.15, -0.1) is 0 Å². The summed E-state index contributed by atoms with van der Waals surface area (Å²) < 4.78 is 12.7. The second-order valence-electron chi connectivity index (χ2n) is 8.88. The van der Waals surface area contributed by atoms with Crippen molar-refractivity contribution in [3.63, 3.8) is 0 Å². The van der Waals surface area contributed by atoms with Gasteiger partial charge in [-0.05, 0) is 44.5 Å². The van der Waals surface area contributed by atoms with Crippen LogP contribution in [0.15, 0.2) is 24.3 Å². The topological polar surface area (TPSA) is 62.2 Å². The lowest BCUT2D eigenvalue weighted by molar-refractivity contribution is -0.219. The third-order valence-corrected chi connectivity index (χ3v) is 8.43. The summed E-state index contributed by atoms with van der Waals surface area (Å²) >= 11 is 0. The van der Waals surface area contributed by atoms with Crippen molar-refractivity contribution in [1.29, 1.82) is 0 Å². The molecule has 1 aromatic carbocycles. The summed E-state index contributed by atoms with van der Waals surface area (Å²) in [7, 11) is 3.95. The average Bonchev–Trinajstić information content (AvgIpc) is 3.03. The highest BCUT2D eigenvalue weighted by molar-refractivity contribution is 5.65. The lowest BCUT2D eigenvalue weighted by atomic mass is 9.37. The Morgan fingerprint density at radius 3 is 2.96 bits per heavy atom. The van der Waals surface area contributed by atoms with Gasteiger partial charge in [-0.2, -0.15) is 0 Å². The smallest absolute Gasteiger partial charge is 0.165 e. The number of aliphatic hydroxyl groups is 1. The van der Waals surface area contributed by atoms with Gasteiger partial charge >= 0.3 is 0 Å². The van der Waals surface area contributed by atoms with Crippen LogP contribution in [0.25, 0.3) is 0 Å². The normalized spacial score (nSPS) is 47.0. The molecule has 1 saturated carbocycles. The van der Waals surface area contributed by atoms with E-state index in [9.17, 15) is 10.2 Å². The highest BCUT2D eigenvalue weighted by Gasteiger charge is 2.78. The number of rotatable bonds is 2. The molecule has 6 atom stereocenters. The first-order valence-corrected chi connectivity index (χ1v) is 9.63. The quantitative estimate of drug-likeness (QED) is 0.789. The molecule has 2 N–H and O–H groups in total. The number of likely N-dealkylation sites (N-methyl/N-ethyl adjacent to an activating group) is 1. The molecule has 2 aliphatic heterocycles. The Labute approximate surface area is 153 Å². The van der Waals surface area contributed by atoms with Crippen molar-refractivity contribution in [3.05, 3.63) is 35.4 Å². The van der Waals surface area contributed by atoms with Crippen LogP contribution in [0.2, 0.25) is 0 Å². The highest BCUT2D eigenvalue weighted by atomic mass is 16.6. The summed E-state index contributed by atoms with van der Waals surface area (Å²) in [6.45, 7) is 1.10. The SMILES string of the molecule is CO[C@]12C=C[C@@]3(CC1CO)[C@H]1Cc4ccc(O)c5c4[C@@]3(CCN1C)[C@H]2O5. The minimum absolute atomic E-state index is 0.00244. The van der Waals surface area contributed by atoms with E-state index in [4.69, 9.17) is 9.47 Å². The lowest BCUT2D eigenvalue weighted by Crippen LogP contribution is -2.79.